The van der Waals surface area contributed by atoms with Crippen molar-refractivity contribution in [3.8, 4) is 0 Å². The molecule has 2 nitrogen and oxygen atoms in total. The Labute approximate surface area is 115 Å². The van der Waals surface area contributed by atoms with Crippen molar-refractivity contribution in [2.24, 2.45) is 11.8 Å². The molecule has 4 atom stereocenters. The predicted molar refractivity (Wildman–Crippen MR) is 77.0 cm³/mol. The zero-order valence-corrected chi connectivity index (χ0v) is 11.9. The first-order chi connectivity index (χ1) is 9.20. The van der Waals surface area contributed by atoms with Crippen LogP contribution in [0.1, 0.15) is 31.7 Å². The van der Waals surface area contributed by atoms with Crippen molar-refractivity contribution >= 4 is 5.78 Å². The molecule has 0 unspecified atom stereocenters. The maximum atomic E-state index is 12.6. The fraction of sp³-hybridized carbons (Fsp3) is 0.588. The highest BCUT2D eigenvalue weighted by Crippen LogP contribution is 2.41. The van der Waals surface area contributed by atoms with Gasteiger partial charge in [0.05, 0.1) is 6.04 Å². The molecule has 0 spiro atoms. The molecule has 19 heavy (non-hydrogen) atoms. The summed E-state index contributed by atoms with van der Waals surface area (Å²) in [4.78, 5) is 15.0. The minimum absolute atomic E-state index is 0.192. The Balaban J connectivity index is 1.77. The Morgan fingerprint density at radius 1 is 1.21 bits per heavy atom. The third-order valence-corrected chi connectivity index (χ3v) is 5.19. The highest BCUT2D eigenvalue weighted by molar-refractivity contribution is 5.88. The molecule has 0 saturated carbocycles. The zero-order chi connectivity index (χ0) is 13.4. The lowest BCUT2D eigenvalue weighted by Gasteiger charge is -2.36. The van der Waals surface area contributed by atoms with Gasteiger partial charge in [0.2, 0.25) is 0 Å². The first kappa shape index (κ1) is 12.9. The molecular formula is C17H23NO. The Bertz CT molecular complexity index is 456. The molecule has 0 amide bonds. The van der Waals surface area contributed by atoms with Crippen LogP contribution in [0.15, 0.2) is 30.3 Å². The van der Waals surface area contributed by atoms with E-state index in [0.717, 1.165) is 25.2 Å². The van der Waals surface area contributed by atoms with Gasteiger partial charge >= 0.3 is 0 Å². The van der Waals surface area contributed by atoms with E-state index in [1.807, 2.05) is 6.07 Å². The summed E-state index contributed by atoms with van der Waals surface area (Å²) in [6, 6.07) is 11.3. The van der Waals surface area contributed by atoms with E-state index in [2.05, 4.69) is 43.1 Å². The first-order valence-corrected chi connectivity index (χ1v) is 7.50. The molecule has 1 aromatic carbocycles. The van der Waals surface area contributed by atoms with Crippen LogP contribution < -0.4 is 0 Å². The van der Waals surface area contributed by atoms with E-state index in [1.165, 1.54) is 12.0 Å². The van der Waals surface area contributed by atoms with Crippen LogP contribution in [0.2, 0.25) is 0 Å². The molecule has 0 aliphatic carbocycles. The van der Waals surface area contributed by atoms with E-state index in [9.17, 15) is 4.79 Å². The van der Waals surface area contributed by atoms with Gasteiger partial charge in [0, 0.05) is 12.0 Å². The number of ketones is 1. The standard InChI is InChI=1S/C17H23NO/c1-3-13-10-16-17(19)14(11-15(13)18(16)2)9-12-7-5-4-6-8-12/h4-8,13-16H,3,9-11H2,1-2H3/t13-,14+,15-,16-/m1/s1. The molecule has 0 radical (unpaired) electrons. The number of carbonyl (C=O) groups is 1. The number of benzene rings is 1. The number of rotatable bonds is 3. The van der Waals surface area contributed by atoms with Crippen LogP contribution in [0.4, 0.5) is 0 Å². The fourth-order valence-corrected chi connectivity index (χ4v) is 4.05. The van der Waals surface area contributed by atoms with E-state index in [0.29, 0.717) is 11.8 Å². The van der Waals surface area contributed by atoms with Gasteiger partial charge in [-0.2, -0.15) is 0 Å². The normalized spacial score (nSPS) is 34.7. The minimum atomic E-state index is 0.192. The summed E-state index contributed by atoms with van der Waals surface area (Å²) in [5, 5.41) is 0. The molecule has 2 bridgehead atoms. The van der Waals surface area contributed by atoms with Crippen LogP contribution in [0.3, 0.4) is 0 Å². The molecule has 0 N–H and O–H groups in total. The van der Waals surface area contributed by atoms with E-state index in [4.69, 9.17) is 0 Å². The molecule has 2 heterocycles. The van der Waals surface area contributed by atoms with Gasteiger partial charge in [-0.3, -0.25) is 9.69 Å². The van der Waals surface area contributed by atoms with Crippen LogP contribution in [-0.4, -0.2) is 29.8 Å². The minimum Gasteiger partial charge on any atom is -0.298 e. The third-order valence-electron chi connectivity index (χ3n) is 5.19. The second-order valence-electron chi connectivity index (χ2n) is 6.18. The maximum absolute atomic E-state index is 12.6. The number of hydrogen-bond donors (Lipinski definition) is 0. The molecule has 2 aliphatic heterocycles. The highest BCUT2D eigenvalue weighted by Gasteiger charge is 2.48. The van der Waals surface area contributed by atoms with Gasteiger partial charge < -0.3 is 0 Å². The van der Waals surface area contributed by atoms with Gasteiger partial charge in [-0.05, 0) is 37.8 Å². The number of nitrogens with zero attached hydrogens (tertiary/aromatic N) is 1. The summed E-state index contributed by atoms with van der Waals surface area (Å²) in [5.74, 6) is 1.45. The second-order valence-corrected chi connectivity index (χ2v) is 6.18. The van der Waals surface area contributed by atoms with E-state index >= 15 is 0 Å². The fourth-order valence-electron chi connectivity index (χ4n) is 4.05. The molecule has 0 aromatic heterocycles. The van der Waals surface area contributed by atoms with Crippen molar-refractivity contribution in [1.29, 1.82) is 0 Å². The maximum Gasteiger partial charge on any atom is 0.153 e. The average Bonchev–Trinajstić information content (AvgIpc) is 2.66. The van der Waals surface area contributed by atoms with Crippen molar-refractivity contribution in [1.82, 2.24) is 4.90 Å². The summed E-state index contributed by atoms with van der Waals surface area (Å²) in [7, 11) is 2.14. The number of carbonyl (C=O) groups excluding carboxylic acids is 1. The Morgan fingerprint density at radius 2 is 1.95 bits per heavy atom. The molecule has 2 aliphatic rings. The van der Waals surface area contributed by atoms with Crippen molar-refractivity contribution in [3.63, 3.8) is 0 Å². The summed E-state index contributed by atoms with van der Waals surface area (Å²) < 4.78 is 0. The summed E-state index contributed by atoms with van der Waals surface area (Å²) in [6.07, 6.45) is 4.27. The van der Waals surface area contributed by atoms with Crippen molar-refractivity contribution < 1.29 is 4.79 Å². The van der Waals surface area contributed by atoms with Crippen LogP contribution in [0, 0.1) is 11.8 Å². The van der Waals surface area contributed by atoms with Crippen LogP contribution in [0.5, 0.6) is 0 Å². The smallest absolute Gasteiger partial charge is 0.153 e. The Hall–Kier alpha value is -1.15. The Kier molecular flexibility index (Phi) is 3.44. The van der Waals surface area contributed by atoms with Crippen LogP contribution in [0.25, 0.3) is 0 Å². The molecule has 2 fully saturated rings. The Morgan fingerprint density at radius 3 is 2.63 bits per heavy atom. The van der Waals surface area contributed by atoms with E-state index < -0.39 is 0 Å². The number of fused-ring (bicyclic) bond motifs is 2. The summed E-state index contributed by atoms with van der Waals surface area (Å²) in [5.41, 5.74) is 1.30. The lowest BCUT2D eigenvalue weighted by molar-refractivity contribution is -0.130. The van der Waals surface area contributed by atoms with E-state index in [-0.39, 0.29) is 12.0 Å². The van der Waals surface area contributed by atoms with Gasteiger partial charge in [0.15, 0.2) is 5.78 Å². The third kappa shape index (κ3) is 2.23. The highest BCUT2D eigenvalue weighted by atomic mass is 16.1. The first-order valence-electron chi connectivity index (χ1n) is 7.50. The molecule has 2 heteroatoms. The van der Waals surface area contributed by atoms with Gasteiger partial charge in [-0.1, -0.05) is 43.7 Å². The number of hydrogen-bond acceptors (Lipinski definition) is 2. The van der Waals surface area contributed by atoms with Crippen LogP contribution in [-0.2, 0) is 11.2 Å². The lowest BCUT2D eigenvalue weighted by Crippen LogP contribution is -2.48. The molecular weight excluding hydrogens is 234 g/mol. The summed E-state index contributed by atoms with van der Waals surface area (Å²) >= 11 is 0. The number of likely N-dealkylation sites (N-methyl/N-ethyl adjacent to an activating group) is 1. The van der Waals surface area contributed by atoms with Crippen molar-refractivity contribution in [2.45, 2.75) is 44.7 Å². The molecule has 2 saturated heterocycles. The van der Waals surface area contributed by atoms with Crippen molar-refractivity contribution in [3.05, 3.63) is 35.9 Å². The van der Waals surface area contributed by atoms with Gasteiger partial charge in [0.1, 0.15) is 0 Å². The largest absolute Gasteiger partial charge is 0.298 e. The SMILES string of the molecule is CC[C@@H]1C[C@@H]2C(=O)[C@@H](Cc3ccccc3)C[C@H]1N2C. The lowest BCUT2D eigenvalue weighted by atomic mass is 9.84. The second kappa shape index (κ2) is 5.09. The zero-order valence-electron chi connectivity index (χ0n) is 11.9. The van der Waals surface area contributed by atoms with Gasteiger partial charge in [-0.25, -0.2) is 0 Å². The van der Waals surface area contributed by atoms with Crippen LogP contribution >= 0.6 is 0 Å². The van der Waals surface area contributed by atoms with Crippen molar-refractivity contribution in [2.75, 3.05) is 7.05 Å². The summed E-state index contributed by atoms with van der Waals surface area (Å²) in [6.45, 7) is 2.26. The average molecular weight is 257 g/mol. The molecule has 102 valence electrons. The topological polar surface area (TPSA) is 20.3 Å². The van der Waals surface area contributed by atoms with Gasteiger partial charge in [-0.15, -0.1) is 0 Å². The number of piperidine rings is 1. The quantitative estimate of drug-likeness (QED) is 0.830. The predicted octanol–water partition coefficient (Wildman–Crippen LogP) is 2.92. The van der Waals surface area contributed by atoms with Gasteiger partial charge in [0.25, 0.3) is 0 Å². The molecule has 1 aromatic rings. The van der Waals surface area contributed by atoms with E-state index in [1.54, 1.807) is 0 Å². The molecule has 3 rings (SSSR count). The number of Topliss-reactive ketones (excluding diaryl/α,β-unsaturated/α-hetero) is 1. The monoisotopic (exact) mass is 257 g/mol.